The molecule has 0 aromatic heterocycles. The lowest BCUT2D eigenvalue weighted by Crippen LogP contribution is -2.23. The van der Waals surface area contributed by atoms with Gasteiger partial charge in [-0.3, -0.25) is 0 Å². The fourth-order valence-electron chi connectivity index (χ4n) is 4.31. The molecule has 0 saturated carbocycles. The predicted molar refractivity (Wildman–Crippen MR) is 169 cm³/mol. The molecule has 43 heavy (non-hydrogen) atoms. The van der Waals surface area contributed by atoms with Crippen LogP contribution in [0, 0.1) is 0 Å². The van der Waals surface area contributed by atoms with Crippen molar-refractivity contribution in [2.24, 2.45) is 0 Å². The van der Waals surface area contributed by atoms with E-state index in [1.807, 2.05) is 39.8 Å². The zero-order valence-electron chi connectivity index (χ0n) is 27.0. The normalized spacial score (nSPS) is 11.5. The van der Waals surface area contributed by atoms with Crippen LogP contribution < -0.4 is 28.4 Å². The highest BCUT2D eigenvalue weighted by Crippen LogP contribution is 2.52. The Morgan fingerprint density at radius 3 is 1.21 bits per heavy atom. The van der Waals surface area contributed by atoms with Crippen molar-refractivity contribution in [2.45, 2.75) is 86.5 Å². The van der Waals surface area contributed by atoms with Crippen molar-refractivity contribution >= 4 is 11.9 Å². The lowest BCUT2D eigenvalue weighted by Gasteiger charge is -2.32. The Morgan fingerprint density at radius 1 is 0.581 bits per heavy atom. The van der Waals surface area contributed by atoms with Crippen LogP contribution in [-0.4, -0.2) is 38.4 Å². The largest absolute Gasteiger partial charge is 0.489 e. The molecule has 0 saturated heterocycles. The third kappa shape index (κ3) is 9.53. The van der Waals surface area contributed by atoms with E-state index in [9.17, 15) is 9.59 Å². The molecule has 2 aromatic carbocycles. The van der Waals surface area contributed by atoms with E-state index < -0.39 is 17.4 Å². The van der Waals surface area contributed by atoms with Gasteiger partial charge in [-0.05, 0) is 51.7 Å². The number of rotatable bonds is 18. The summed E-state index contributed by atoms with van der Waals surface area (Å²) >= 11 is 0. The first-order valence-corrected chi connectivity index (χ1v) is 15.2. The maximum Gasteiger partial charge on any atom is 0.335 e. The van der Waals surface area contributed by atoms with Gasteiger partial charge in [0.15, 0.2) is 23.0 Å². The smallest absolute Gasteiger partial charge is 0.335 e. The van der Waals surface area contributed by atoms with Crippen LogP contribution in [0.3, 0.4) is 0 Å². The third-order valence-corrected chi connectivity index (χ3v) is 6.33. The van der Waals surface area contributed by atoms with E-state index in [0.717, 1.165) is 36.8 Å². The van der Waals surface area contributed by atoms with Gasteiger partial charge in [-0.25, -0.2) is 9.59 Å². The fraction of sp³-hybridized carbons (Fsp3) is 0.486. The molecule has 0 unspecified atom stereocenters. The molecule has 8 nitrogen and oxygen atoms in total. The molecule has 0 heterocycles. The number of allylic oxidation sites excluding steroid dienone is 2. The molecule has 0 aliphatic heterocycles. The van der Waals surface area contributed by atoms with Gasteiger partial charge in [0.1, 0.15) is 0 Å². The maximum absolute atomic E-state index is 12.4. The van der Waals surface area contributed by atoms with Gasteiger partial charge in [-0.2, -0.15) is 0 Å². The van der Waals surface area contributed by atoms with E-state index in [0.29, 0.717) is 49.4 Å². The number of carbonyl (C=O) groups is 2. The van der Waals surface area contributed by atoms with Crippen LogP contribution in [0.4, 0.5) is 0 Å². The van der Waals surface area contributed by atoms with E-state index in [4.69, 9.17) is 28.4 Å². The van der Waals surface area contributed by atoms with Crippen LogP contribution >= 0.6 is 0 Å². The summed E-state index contributed by atoms with van der Waals surface area (Å²) in [5, 5.41) is 0. The molecule has 0 fully saturated rings. The second-order valence-electron chi connectivity index (χ2n) is 10.4. The first kappa shape index (κ1) is 35.3. The standard InChI is InChI=1S/C35H48O8/c1-9-15-29(36)42-27-19-17-25(31(38-21-11-3)33(27)40-23-13-5)35(7,8)26-18-20-28(43-30(37)16-10-2)34(41-24-14-6)32(26)39-22-12-4/h9-10,15-20H,11-14,21-24H2,1-8H3. The molecule has 8 heteroatoms. The summed E-state index contributed by atoms with van der Waals surface area (Å²) in [6.07, 6.45) is 8.99. The Hall–Kier alpha value is -3.94. The number of benzene rings is 2. The van der Waals surface area contributed by atoms with E-state index in [1.165, 1.54) is 12.2 Å². The number of hydrogen-bond acceptors (Lipinski definition) is 8. The number of esters is 2. The summed E-state index contributed by atoms with van der Waals surface area (Å²) < 4.78 is 36.4. The maximum atomic E-state index is 12.4. The second-order valence-corrected chi connectivity index (χ2v) is 10.4. The van der Waals surface area contributed by atoms with Crippen molar-refractivity contribution in [3.8, 4) is 34.5 Å². The Balaban J connectivity index is 2.86. The van der Waals surface area contributed by atoms with Gasteiger partial charge in [0, 0.05) is 28.7 Å². The topological polar surface area (TPSA) is 89.5 Å². The molecule has 2 rings (SSSR count). The van der Waals surface area contributed by atoms with Gasteiger partial charge in [-0.15, -0.1) is 0 Å². The molecular weight excluding hydrogens is 548 g/mol. The van der Waals surface area contributed by atoms with Gasteiger partial charge in [-0.1, -0.05) is 65.8 Å². The first-order chi connectivity index (χ1) is 20.7. The van der Waals surface area contributed by atoms with Crippen molar-refractivity contribution in [3.63, 3.8) is 0 Å². The molecular formula is C35H48O8. The van der Waals surface area contributed by atoms with Crippen molar-refractivity contribution in [1.29, 1.82) is 0 Å². The third-order valence-electron chi connectivity index (χ3n) is 6.33. The van der Waals surface area contributed by atoms with Gasteiger partial charge < -0.3 is 28.4 Å². The lowest BCUT2D eigenvalue weighted by atomic mass is 9.76. The highest BCUT2D eigenvalue weighted by molar-refractivity contribution is 5.85. The summed E-state index contributed by atoms with van der Waals surface area (Å²) in [4.78, 5) is 24.8. The minimum atomic E-state index is -0.724. The number of hydrogen-bond donors (Lipinski definition) is 0. The molecule has 0 N–H and O–H groups in total. The van der Waals surface area contributed by atoms with Gasteiger partial charge in [0.2, 0.25) is 11.5 Å². The van der Waals surface area contributed by atoms with E-state index in [-0.39, 0.29) is 11.5 Å². The molecule has 0 aliphatic carbocycles. The van der Waals surface area contributed by atoms with Crippen LogP contribution in [-0.2, 0) is 15.0 Å². The average molecular weight is 597 g/mol. The first-order valence-electron chi connectivity index (χ1n) is 15.2. The minimum Gasteiger partial charge on any atom is -0.489 e. The van der Waals surface area contributed by atoms with E-state index >= 15 is 0 Å². The Morgan fingerprint density at radius 2 is 0.907 bits per heavy atom. The summed E-state index contributed by atoms with van der Waals surface area (Å²) in [7, 11) is 0. The highest BCUT2D eigenvalue weighted by Gasteiger charge is 2.35. The number of carbonyl (C=O) groups excluding carboxylic acids is 2. The summed E-state index contributed by atoms with van der Waals surface area (Å²) in [6, 6.07) is 7.24. The Labute approximate surface area is 257 Å². The lowest BCUT2D eigenvalue weighted by molar-refractivity contribution is -0.130. The van der Waals surface area contributed by atoms with Gasteiger partial charge >= 0.3 is 11.9 Å². The van der Waals surface area contributed by atoms with Crippen molar-refractivity contribution in [1.82, 2.24) is 0 Å². The zero-order chi connectivity index (χ0) is 31.8. The van der Waals surface area contributed by atoms with E-state index in [2.05, 4.69) is 13.8 Å². The molecule has 0 bridgehead atoms. The van der Waals surface area contributed by atoms with Crippen LogP contribution in [0.25, 0.3) is 0 Å². The molecule has 0 aliphatic rings. The fourth-order valence-corrected chi connectivity index (χ4v) is 4.31. The number of ether oxygens (including phenoxy) is 6. The van der Waals surface area contributed by atoms with Crippen molar-refractivity contribution < 1.29 is 38.0 Å². The predicted octanol–water partition coefficient (Wildman–Crippen LogP) is 8.13. The SMILES string of the molecule is CC=CC(=O)Oc1ccc(C(C)(C)c2ccc(OC(=O)C=CC)c(OCCC)c2OCCC)c(OCCC)c1OCCC. The Bertz CT molecular complexity index is 1160. The molecule has 0 spiro atoms. The van der Waals surface area contributed by atoms with Gasteiger partial charge in [0.05, 0.1) is 26.4 Å². The van der Waals surface area contributed by atoms with Crippen molar-refractivity contribution in [3.05, 3.63) is 59.7 Å². The van der Waals surface area contributed by atoms with Crippen molar-refractivity contribution in [2.75, 3.05) is 26.4 Å². The van der Waals surface area contributed by atoms with Crippen LogP contribution in [0.1, 0.15) is 92.2 Å². The Kier molecular flexibility index (Phi) is 14.7. The molecule has 236 valence electrons. The second kappa shape index (κ2) is 17.9. The average Bonchev–Trinajstić information content (AvgIpc) is 2.97. The quantitative estimate of drug-likeness (QED) is 0.0968. The van der Waals surface area contributed by atoms with Crippen LogP contribution in [0.5, 0.6) is 34.5 Å². The zero-order valence-corrected chi connectivity index (χ0v) is 27.0. The molecule has 0 radical (unpaired) electrons. The summed E-state index contributed by atoms with van der Waals surface area (Å²) in [5.74, 6) is 1.27. The molecule has 0 atom stereocenters. The van der Waals surface area contributed by atoms with Crippen LogP contribution in [0.2, 0.25) is 0 Å². The monoisotopic (exact) mass is 596 g/mol. The van der Waals surface area contributed by atoms with Gasteiger partial charge in [0.25, 0.3) is 0 Å². The summed E-state index contributed by atoms with van der Waals surface area (Å²) in [6.45, 7) is 17.4. The highest BCUT2D eigenvalue weighted by atomic mass is 16.6. The van der Waals surface area contributed by atoms with Crippen LogP contribution in [0.15, 0.2) is 48.6 Å². The molecule has 2 aromatic rings. The van der Waals surface area contributed by atoms with E-state index in [1.54, 1.807) is 38.1 Å². The molecule has 0 amide bonds. The summed E-state index contributed by atoms with van der Waals surface area (Å²) in [5.41, 5.74) is 0.886. The minimum absolute atomic E-state index is 0.280.